The molecule has 0 bridgehead atoms. The summed E-state index contributed by atoms with van der Waals surface area (Å²) in [5.41, 5.74) is 10.8. The zero-order valence-electron chi connectivity index (χ0n) is 24.1. The number of unbranched alkanes of at least 4 members (excludes halogenated alkanes) is 1. The Balaban J connectivity index is 0.000000996. The Morgan fingerprint density at radius 1 is 1.09 bits per heavy atom. The number of halogens is 5. The number of nitrogens with one attached hydrogen (secondary N) is 1. The summed E-state index contributed by atoms with van der Waals surface area (Å²) in [6, 6.07) is 11.9. The van der Waals surface area contributed by atoms with Crippen LogP contribution in [0.1, 0.15) is 73.0 Å². The third kappa shape index (κ3) is 7.08. The maximum atomic E-state index is 14.7. The molecule has 2 heterocycles. The van der Waals surface area contributed by atoms with E-state index in [9.17, 15) is 22.4 Å². The van der Waals surface area contributed by atoms with Crippen molar-refractivity contribution < 1.29 is 22.4 Å². The summed E-state index contributed by atoms with van der Waals surface area (Å²) in [5.74, 6) is -0.892. The molecule has 11 heteroatoms. The molecule has 1 saturated carbocycles. The second-order valence-corrected chi connectivity index (χ2v) is 11.0. The van der Waals surface area contributed by atoms with Gasteiger partial charge in [0.1, 0.15) is 5.82 Å². The number of carbonyl (C=O) groups is 1. The molecule has 2 aromatic carbocycles. The minimum atomic E-state index is -4.54. The maximum absolute atomic E-state index is 14.7. The molecule has 43 heavy (non-hydrogen) atoms. The van der Waals surface area contributed by atoms with E-state index in [0.29, 0.717) is 24.3 Å². The lowest BCUT2D eigenvalue weighted by Gasteiger charge is -2.29. The predicted molar refractivity (Wildman–Crippen MR) is 161 cm³/mol. The number of rotatable bonds is 8. The maximum Gasteiger partial charge on any atom is 0.417 e. The zero-order valence-corrected chi connectivity index (χ0v) is 24.8. The Kier molecular flexibility index (Phi) is 9.92. The van der Waals surface area contributed by atoms with Crippen LogP contribution in [0.4, 0.5) is 17.6 Å². The van der Waals surface area contributed by atoms with Gasteiger partial charge in [0.25, 0.3) is 0 Å². The predicted octanol–water partition coefficient (Wildman–Crippen LogP) is 7.20. The lowest BCUT2D eigenvalue weighted by atomic mass is 9.88. The van der Waals surface area contributed by atoms with Gasteiger partial charge >= 0.3 is 6.18 Å². The zero-order chi connectivity index (χ0) is 31.4. The second kappa shape index (κ2) is 13.3. The molecule has 0 radical (unpaired) electrons. The standard InChI is InChI=1S/C28H24ClF4N5O.C4H10/c1-16-20-8-6-17(11-21(20)25(12-34)37-36-16)27(9-10-27)26(39)38(15-22-23(29)3-2-4-24(22)30)14-19-7-5-18(13-35-19)28(31,32)33;1-3-4-2/h2-8,11,13,36H,1,9-10,12,14-15,34H2;3-4H2,1-2H3. The number of hydrogen-bond acceptors (Lipinski definition) is 5. The SMILES string of the molecule is C=C1NN=C(CN)c2cc(C3(C(=O)N(Cc4ccc(C(F)(F)F)cn4)Cc4c(F)cccc4Cl)CC3)ccc21.CCCC. The van der Waals surface area contributed by atoms with Crippen LogP contribution < -0.4 is 11.2 Å². The highest BCUT2D eigenvalue weighted by Crippen LogP contribution is 2.51. The van der Waals surface area contributed by atoms with Gasteiger partial charge in [-0.1, -0.05) is 63.1 Å². The van der Waals surface area contributed by atoms with Gasteiger partial charge in [-0.3, -0.25) is 15.2 Å². The molecule has 228 valence electrons. The van der Waals surface area contributed by atoms with E-state index in [4.69, 9.17) is 17.3 Å². The summed E-state index contributed by atoms with van der Waals surface area (Å²) in [4.78, 5) is 19.5. The topological polar surface area (TPSA) is 83.6 Å². The van der Waals surface area contributed by atoms with Crippen molar-refractivity contribution in [2.75, 3.05) is 6.54 Å². The molecule has 0 atom stereocenters. The first-order valence-electron chi connectivity index (χ1n) is 14.1. The van der Waals surface area contributed by atoms with E-state index in [0.717, 1.165) is 29.0 Å². The monoisotopic (exact) mass is 615 g/mol. The van der Waals surface area contributed by atoms with Crippen LogP contribution in [0.2, 0.25) is 5.02 Å². The molecule has 1 aromatic heterocycles. The van der Waals surface area contributed by atoms with E-state index in [1.807, 2.05) is 18.2 Å². The van der Waals surface area contributed by atoms with E-state index in [1.165, 1.54) is 42.0 Å². The molecule has 1 amide bonds. The molecular formula is C32H34ClF4N5O. The van der Waals surface area contributed by atoms with E-state index in [-0.39, 0.29) is 41.8 Å². The Labute approximate surface area is 253 Å². The third-order valence-electron chi connectivity index (χ3n) is 7.59. The van der Waals surface area contributed by atoms with Gasteiger partial charge in [-0.05, 0) is 48.7 Å². The highest BCUT2D eigenvalue weighted by Gasteiger charge is 2.53. The Bertz CT molecular complexity index is 1490. The van der Waals surface area contributed by atoms with Crippen molar-refractivity contribution in [3.8, 4) is 0 Å². The fourth-order valence-corrected chi connectivity index (χ4v) is 4.99. The largest absolute Gasteiger partial charge is 0.417 e. The lowest BCUT2D eigenvalue weighted by molar-refractivity contribution is -0.138. The summed E-state index contributed by atoms with van der Waals surface area (Å²) < 4.78 is 53.9. The number of hydrogen-bond donors (Lipinski definition) is 2. The number of pyridine rings is 1. The molecule has 3 N–H and O–H groups in total. The van der Waals surface area contributed by atoms with Gasteiger partial charge in [0.05, 0.1) is 41.2 Å². The number of carbonyl (C=O) groups excluding carboxylic acids is 1. The first-order valence-corrected chi connectivity index (χ1v) is 14.4. The summed E-state index contributed by atoms with van der Waals surface area (Å²) >= 11 is 6.27. The van der Waals surface area contributed by atoms with Crippen molar-refractivity contribution in [2.24, 2.45) is 10.8 Å². The van der Waals surface area contributed by atoms with Crippen LogP contribution >= 0.6 is 11.6 Å². The number of aromatic nitrogens is 1. The van der Waals surface area contributed by atoms with Crippen LogP contribution in [0.25, 0.3) is 5.70 Å². The fraction of sp³-hybridized carbons (Fsp3) is 0.344. The molecular weight excluding hydrogens is 582 g/mol. The van der Waals surface area contributed by atoms with E-state index >= 15 is 0 Å². The number of fused-ring (bicyclic) bond motifs is 1. The van der Waals surface area contributed by atoms with Gasteiger partial charge in [-0.25, -0.2) is 4.39 Å². The molecule has 5 rings (SSSR count). The third-order valence-corrected chi connectivity index (χ3v) is 7.94. The van der Waals surface area contributed by atoms with Gasteiger partial charge in [-0.15, -0.1) is 0 Å². The quantitative estimate of drug-likeness (QED) is 0.263. The van der Waals surface area contributed by atoms with Crippen LogP contribution in [0.15, 0.2) is 66.4 Å². The van der Waals surface area contributed by atoms with E-state index < -0.39 is 23.0 Å². The van der Waals surface area contributed by atoms with Gasteiger partial charge in [-0.2, -0.15) is 18.3 Å². The molecule has 6 nitrogen and oxygen atoms in total. The van der Waals surface area contributed by atoms with Crippen molar-refractivity contribution in [1.29, 1.82) is 0 Å². The average Bonchev–Trinajstić information content (AvgIpc) is 3.80. The van der Waals surface area contributed by atoms with Crippen LogP contribution in [-0.4, -0.2) is 28.0 Å². The van der Waals surface area contributed by atoms with Crippen LogP contribution in [0.5, 0.6) is 0 Å². The summed E-state index contributed by atoms with van der Waals surface area (Å²) in [6.07, 6.45) is -0.0977. The number of hydrazone groups is 1. The first kappa shape index (κ1) is 32.2. The molecule has 0 saturated heterocycles. The van der Waals surface area contributed by atoms with E-state index in [2.05, 4.69) is 35.9 Å². The van der Waals surface area contributed by atoms with E-state index in [1.54, 1.807) is 0 Å². The molecule has 1 aliphatic heterocycles. The number of amides is 1. The second-order valence-electron chi connectivity index (χ2n) is 10.6. The van der Waals surface area contributed by atoms with Crippen LogP contribution in [0.3, 0.4) is 0 Å². The summed E-state index contributed by atoms with van der Waals surface area (Å²) in [7, 11) is 0. The van der Waals surface area contributed by atoms with Gasteiger partial charge < -0.3 is 10.6 Å². The van der Waals surface area contributed by atoms with Gasteiger partial charge in [0.2, 0.25) is 5.91 Å². The first-order chi connectivity index (χ1) is 20.4. The highest BCUT2D eigenvalue weighted by molar-refractivity contribution is 6.31. The lowest BCUT2D eigenvalue weighted by Crippen LogP contribution is -2.39. The van der Waals surface area contributed by atoms with Crippen LogP contribution in [-0.2, 0) is 29.5 Å². The average molecular weight is 616 g/mol. The smallest absolute Gasteiger partial charge is 0.332 e. The van der Waals surface area contributed by atoms with Gasteiger partial charge in [0, 0.05) is 34.5 Å². The van der Waals surface area contributed by atoms with Crippen molar-refractivity contribution in [1.82, 2.24) is 15.3 Å². The number of nitrogens with zero attached hydrogens (tertiary/aromatic N) is 3. The molecule has 0 spiro atoms. The minimum Gasteiger partial charge on any atom is -0.332 e. The molecule has 1 fully saturated rings. The van der Waals surface area contributed by atoms with Crippen molar-refractivity contribution in [3.63, 3.8) is 0 Å². The Morgan fingerprint density at radius 3 is 2.37 bits per heavy atom. The molecule has 3 aromatic rings. The van der Waals surface area contributed by atoms with Crippen molar-refractivity contribution in [2.45, 2.75) is 64.2 Å². The molecule has 0 unspecified atom stereocenters. The van der Waals surface area contributed by atoms with Crippen molar-refractivity contribution >= 4 is 28.9 Å². The number of alkyl halides is 3. The molecule has 1 aliphatic carbocycles. The minimum absolute atomic E-state index is 0.112. The number of nitrogens with two attached hydrogens (primary N) is 1. The molecule has 2 aliphatic rings. The highest BCUT2D eigenvalue weighted by atomic mass is 35.5. The normalized spacial score (nSPS) is 15.0. The number of benzene rings is 2. The van der Waals surface area contributed by atoms with Crippen molar-refractivity contribution in [3.05, 3.63) is 106 Å². The van der Waals surface area contributed by atoms with Crippen LogP contribution in [0, 0.1) is 5.82 Å². The Morgan fingerprint density at radius 2 is 1.81 bits per heavy atom. The summed E-state index contributed by atoms with van der Waals surface area (Å²) in [5, 5.41) is 4.39. The van der Waals surface area contributed by atoms with Gasteiger partial charge in [0.15, 0.2) is 0 Å². The fourth-order valence-electron chi connectivity index (χ4n) is 4.76. The summed E-state index contributed by atoms with van der Waals surface area (Å²) in [6.45, 7) is 8.18. The Hall–Kier alpha value is -3.76.